The van der Waals surface area contributed by atoms with E-state index in [1.807, 2.05) is 4.90 Å². The van der Waals surface area contributed by atoms with Gasteiger partial charge in [-0.15, -0.1) is 11.3 Å². The Kier molecular flexibility index (Phi) is 5.97. The molecule has 0 saturated carbocycles. The summed E-state index contributed by atoms with van der Waals surface area (Å²) in [6.45, 7) is 0.286. The maximum atomic E-state index is 13.1. The van der Waals surface area contributed by atoms with Gasteiger partial charge >= 0.3 is 15.5 Å². The first-order chi connectivity index (χ1) is 14.2. The number of likely N-dealkylation sites (tertiary alicyclic amines) is 1. The average Bonchev–Trinajstić information content (AvgIpc) is 3.22. The second kappa shape index (κ2) is 8.23. The summed E-state index contributed by atoms with van der Waals surface area (Å²) in [6, 6.07) is 0. The van der Waals surface area contributed by atoms with E-state index in [0.29, 0.717) is 27.5 Å². The lowest BCUT2D eigenvalue weighted by atomic mass is 9.85. The molecule has 2 fully saturated rings. The molecule has 1 amide bonds. The van der Waals surface area contributed by atoms with E-state index in [-0.39, 0.29) is 37.8 Å². The zero-order valence-corrected chi connectivity index (χ0v) is 18.0. The molecule has 1 aromatic rings. The monoisotopic (exact) mass is 463 g/mol. The van der Waals surface area contributed by atoms with Gasteiger partial charge in [-0.1, -0.05) is 6.08 Å². The van der Waals surface area contributed by atoms with E-state index < -0.39 is 15.5 Å². The molecule has 1 unspecified atom stereocenters. The molecule has 1 atom stereocenters. The van der Waals surface area contributed by atoms with Gasteiger partial charge in [0.25, 0.3) is 5.91 Å². The summed E-state index contributed by atoms with van der Waals surface area (Å²) in [5.41, 5.74) is -3.80. The van der Waals surface area contributed by atoms with Crippen molar-refractivity contribution in [2.45, 2.75) is 56.4 Å². The molecule has 4 rings (SSSR count). The number of sulfonamides is 1. The fourth-order valence-electron chi connectivity index (χ4n) is 4.60. The highest BCUT2D eigenvalue weighted by Crippen LogP contribution is 2.37. The van der Waals surface area contributed by atoms with Gasteiger partial charge < -0.3 is 4.90 Å². The van der Waals surface area contributed by atoms with Crippen LogP contribution < -0.4 is 0 Å². The summed E-state index contributed by atoms with van der Waals surface area (Å²) in [5.74, 6) is 0.182. The molecule has 0 bridgehead atoms. The molecule has 0 radical (unpaired) electrons. The smallest absolute Gasteiger partial charge is 0.311 e. The highest BCUT2D eigenvalue weighted by atomic mass is 32.2. The second-order valence-electron chi connectivity index (χ2n) is 8.05. The van der Waals surface area contributed by atoms with Gasteiger partial charge in [-0.25, -0.2) is 13.4 Å². The third-order valence-corrected chi connectivity index (χ3v) is 8.83. The SMILES string of the molecule is O=C(c1csc(C2CCN(S(=O)(=O)C(F)(F)F)CC2)n1)N1CCCC2CCCC=C21. The lowest BCUT2D eigenvalue weighted by Crippen LogP contribution is -2.44. The lowest BCUT2D eigenvalue weighted by molar-refractivity contribution is -0.0494. The molecule has 0 spiro atoms. The van der Waals surface area contributed by atoms with Crippen LogP contribution in [0.3, 0.4) is 0 Å². The minimum atomic E-state index is -5.29. The number of aromatic nitrogens is 1. The van der Waals surface area contributed by atoms with Crippen molar-refractivity contribution >= 4 is 27.3 Å². The average molecular weight is 464 g/mol. The van der Waals surface area contributed by atoms with E-state index in [9.17, 15) is 26.4 Å². The van der Waals surface area contributed by atoms with Crippen LogP contribution in [0.2, 0.25) is 0 Å². The van der Waals surface area contributed by atoms with Crippen molar-refractivity contribution < 1.29 is 26.4 Å². The van der Waals surface area contributed by atoms with Crippen LogP contribution in [-0.4, -0.2) is 53.7 Å². The topological polar surface area (TPSA) is 70.6 Å². The largest absolute Gasteiger partial charge is 0.511 e. The molecule has 30 heavy (non-hydrogen) atoms. The van der Waals surface area contributed by atoms with Crippen molar-refractivity contribution in [1.29, 1.82) is 0 Å². The first-order valence-corrected chi connectivity index (χ1v) is 12.5. The molecule has 0 N–H and O–H groups in total. The Hall–Kier alpha value is -1.46. The molecule has 6 nitrogen and oxygen atoms in total. The first kappa shape index (κ1) is 21.8. The molecule has 2 aliphatic heterocycles. The van der Waals surface area contributed by atoms with Crippen LogP contribution in [0.5, 0.6) is 0 Å². The zero-order chi connectivity index (χ0) is 21.5. The van der Waals surface area contributed by atoms with Crippen molar-refractivity contribution in [1.82, 2.24) is 14.2 Å². The van der Waals surface area contributed by atoms with E-state index in [4.69, 9.17) is 0 Å². The Balaban J connectivity index is 1.43. The molecule has 1 aromatic heterocycles. The van der Waals surface area contributed by atoms with Gasteiger partial charge in [0.15, 0.2) is 0 Å². The third kappa shape index (κ3) is 4.03. The fraction of sp³-hybridized carbons (Fsp3) is 0.684. The van der Waals surface area contributed by atoms with E-state index >= 15 is 0 Å². The Labute approximate surface area is 177 Å². The maximum Gasteiger partial charge on any atom is 0.511 e. The van der Waals surface area contributed by atoms with Gasteiger partial charge in [0.2, 0.25) is 0 Å². The van der Waals surface area contributed by atoms with Crippen LogP contribution >= 0.6 is 11.3 Å². The van der Waals surface area contributed by atoms with E-state index in [1.165, 1.54) is 11.3 Å². The predicted octanol–water partition coefficient (Wildman–Crippen LogP) is 4.09. The number of rotatable bonds is 3. The van der Waals surface area contributed by atoms with Crippen LogP contribution in [0, 0.1) is 5.92 Å². The lowest BCUT2D eigenvalue weighted by Gasteiger charge is -2.37. The second-order valence-corrected chi connectivity index (χ2v) is 10.9. The molecule has 3 aliphatic rings. The van der Waals surface area contributed by atoms with E-state index in [1.54, 1.807) is 5.38 Å². The molecular formula is C19H24F3N3O3S2. The number of fused-ring (bicyclic) bond motifs is 1. The summed E-state index contributed by atoms with van der Waals surface area (Å²) >= 11 is 1.32. The van der Waals surface area contributed by atoms with Crippen LogP contribution in [0.4, 0.5) is 13.2 Å². The number of piperidine rings is 2. The molecule has 1 aliphatic carbocycles. The van der Waals surface area contributed by atoms with E-state index in [2.05, 4.69) is 11.1 Å². The molecular weight excluding hydrogens is 439 g/mol. The normalized spacial score (nSPS) is 24.4. The number of carbonyl (C=O) groups is 1. The summed E-state index contributed by atoms with van der Waals surface area (Å²) in [4.78, 5) is 19.4. The van der Waals surface area contributed by atoms with Crippen molar-refractivity contribution in [3.8, 4) is 0 Å². The maximum absolute atomic E-state index is 13.1. The summed E-state index contributed by atoms with van der Waals surface area (Å²) in [5, 5.41) is 2.40. The minimum Gasteiger partial charge on any atom is -0.311 e. The van der Waals surface area contributed by atoms with Gasteiger partial charge in [-0.05, 0) is 50.9 Å². The first-order valence-electron chi connectivity index (χ1n) is 10.2. The molecule has 0 aromatic carbocycles. The van der Waals surface area contributed by atoms with Gasteiger partial charge in [0, 0.05) is 36.6 Å². The van der Waals surface area contributed by atoms with Crippen LogP contribution in [0.1, 0.15) is 66.4 Å². The van der Waals surface area contributed by atoms with E-state index in [0.717, 1.165) is 37.8 Å². The Bertz CT molecular complexity index is 934. The number of carbonyl (C=O) groups excluding carboxylic acids is 1. The third-order valence-electron chi connectivity index (χ3n) is 6.20. The number of alkyl halides is 3. The van der Waals surface area contributed by atoms with Crippen molar-refractivity contribution in [2.75, 3.05) is 19.6 Å². The Morgan fingerprint density at radius 3 is 2.47 bits per heavy atom. The van der Waals surface area contributed by atoms with Crippen molar-refractivity contribution in [3.63, 3.8) is 0 Å². The van der Waals surface area contributed by atoms with Gasteiger partial charge in [-0.3, -0.25) is 4.79 Å². The highest BCUT2D eigenvalue weighted by Gasteiger charge is 2.50. The fourth-order valence-corrected chi connectivity index (χ4v) is 6.55. The Morgan fingerprint density at radius 2 is 1.77 bits per heavy atom. The van der Waals surface area contributed by atoms with Crippen molar-refractivity contribution in [3.05, 3.63) is 27.9 Å². The molecule has 2 saturated heterocycles. The number of hydrogen-bond donors (Lipinski definition) is 0. The Morgan fingerprint density at radius 1 is 1.07 bits per heavy atom. The zero-order valence-electron chi connectivity index (χ0n) is 16.4. The quantitative estimate of drug-likeness (QED) is 0.677. The molecule has 166 valence electrons. The van der Waals surface area contributed by atoms with Crippen LogP contribution in [-0.2, 0) is 10.0 Å². The standard InChI is InChI=1S/C19H24F3N3O3S2/c20-19(21,22)30(27,28)24-10-7-14(8-11-24)17-23-15(12-29-17)18(26)25-9-3-5-13-4-1-2-6-16(13)25/h6,12-14H,1-5,7-11H2. The minimum absolute atomic E-state index is 0.118. The summed E-state index contributed by atoms with van der Waals surface area (Å²) in [6.07, 6.45) is 8.00. The highest BCUT2D eigenvalue weighted by molar-refractivity contribution is 7.90. The number of halogens is 3. The van der Waals surface area contributed by atoms with Crippen LogP contribution in [0.15, 0.2) is 17.2 Å². The summed E-state index contributed by atoms with van der Waals surface area (Å²) in [7, 11) is -5.29. The van der Waals surface area contributed by atoms with Crippen LogP contribution in [0.25, 0.3) is 0 Å². The number of hydrogen-bond acceptors (Lipinski definition) is 5. The van der Waals surface area contributed by atoms with Gasteiger partial charge in [-0.2, -0.15) is 17.5 Å². The van der Waals surface area contributed by atoms with Crippen molar-refractivity contribution in [2.24, 2.45) is 5.92 Å². The number of amides is 1. The number of nitrogens with zero attached hydrogens (tertiary/aromatic N) is 3. The number of thiazole rings is 1. The van der Waals surface area contributed by atoms with Gasteiger partial charge in [0.05, 0.1) is 5.01 Å². The molecule has 3 heterocycles. The predicted molar refractivity (Wildman–Crippen MR) is 106 cm³/mol. The van der Waals surface area contributed by atoms with Gasteiger partial charge in [0.1, 0.15) is 5.69 Å². The summed E-state index contributed by atoms with van der Waals surface area (Å²) < 4.78 is 61.8. The molecule has 11 heteroatoms. The number of allylic oxidation sites excluding steroid dienone is 2.